The third kappa shape index (κ3) is 6.56. The van der Waals surface area contributed by atoms with Crippen molar-refractivity contribution >= 4 is 69.0 Å². The Labute approximate surface area is 294 Å². The summed E-state index contributed by atoms with van der Waals surface area (Å²) in [5.41, 5.74) is 14.4. The van der Waals surface area contributed by atoms with E-state index in [0.29, 0.717) is 0 Å². The van der Waals surface area contributed by atoms with Crippen LogP contribution < -0.4 is 9.97 Å². The van der Waals surface area contributed by atoms with E-state index < -0.39 is 0 Å². The maximum absolute atomic E-state index is 5.30. The zero-order valence-electron chi connectivity index (χ0n) is 25.8. The van der Waals surface area contributed by atoms with Gasteiger partial charge in [0.15, 0.2) is 0 Å². The minimum Gasteiger partial charge on any atom is -0.657 e. The molecule has 2 aromatic carbocycles. The zero-order valence-corrected chi connectivity index (χ0v) is 29.0. The summed E-state index contributed by atoms with van der Waals surface area (Å²) in [6.45, 7) is 2.23. The van der Waals surface area contributed by atoms with Crippen LogP contribution in [-0.4, -0.2) is 14.4 Å². The number of unbranched alkanes of at least 4 members (excludes halogenated alkanes) is 2. The van der Waals surface area contributed by atoms with E-state index in [1.165, 1.54) is 11.1 Å². The topological polar surface area (TPSA) is 54.0 Å². The van der Waals surface area contributed by atoms with Gasteiger partial charge in [-0.05, 0) is 94.2 Å². The van der Waals surface area contributed by atoms with Gasteiger partial charge in [0.05, 0.1) is 22.8 Å². The molecule has 0 N–H and O–H groups in total. The molecule has 5 aromatic rings. The van der Waals surface area contributed by atoms with E-state index in [4.69, 9.17) is 19.9 Å². The molecule has 2 aliphatic heterocycles. The predicted octanol–water partition coefficient (Wildman–Crippen LogP) is 10.3. The van der Waals surface area contributed by atoms with Gasteiger partial charge in [-0.25, -0.2) is 9.97 Å². The predicted molar refractivity (Wildman–Crippen MR) is 198 cm³/mol. The summed E-state index contributed by atoms with van der Waals surface area (Å²) >= 11 is 2.47. The number of fused-ring (bicyclic) bond motifs is 8. The Kier molecular flexibility index (Phi) is 10.4. The van der Waals surface area contributed by atoms with Crippen molar-refractivity contribution < 1.29 is 16.5 Å². The largest absolute Gasteiger partial charge is 2.00 e. The van der Waals surface area contributed by atoms with Gasteiger partial charge in [-0.3, -0.25) is 0 Å². The van der Waals surface area contributed by atoms with Crippen molar-refractivity contribution in [3.63, 3.8) is 0 Å². The van der Waals surface area contributed by atoms with E-state index in [1.807, 2.05) is 0 Å². The van der Waals surface area contributed by atoms with Crippen LogP contribution in [0.4, 0.5) is 0 Å². The van der Waals surface area contributed by atoms with Crippen molar-refractivity contribution in [1.82, 2.24) is 19.9 Å². The standard InChI is InChI=1S/C40H35IN4.Ni/c1-2-3-16-29-31-18-22-35(42-31)39(27-12-6-4-7-13-27)37-24-20-33(44-37)30(17-10-11-26-41)34-21-25-38(45-34)40(28-14-8-5-9-15-28)36-23-19-32(29)43-36;/h4-9,12-15,18-25H,2-3,10-11,16-17,26H2,1H3;/q-2;+2. The summed E-state index contributed by atoms with van der Waals surface area (Å²) in [4.78, 5) is 21.2. The molecular weight excluding hydrogens is 722 g/mol. The molecule has 3 aromatic heterocycles. The van der Waals surface area contributed by atoms with Crippen molar-refractivity contribution in [2.24, 2.45) is 0 Å². The third-order valence-corrected chi connectivity index (χ3v) is 9.30. The Morgan fingerprint density at radius 1 is 0.522 bits per heavy atom. The SMILES string of the molecule is CCCCc1c2nc(c(-c3ccccc3)c3ccc([n-]3)c(CCCCI)c3nc(c(-c4ccccc4)c4ccc1[n-]4)C=C3)C=C2.[Ni+2]. The van der Waals surface area contributed by atoms with Gasteiger partial charge in [-0.2, -0.15) is 0 Å². The Hall–Kier alpha value is -3.74. The van der Waals surface area contributed by atoms with E-state index in [2.05, 4.69) is 139 Å². The number of aryl methyl sites for hydroxylation is 2. The van der Waals surface area contributed by atoms with E-state index in [9.17, 15) is 0 Å². The molecule has 6 heteroatoms. The summed E-state index contributed by atoms with van der Waals surface area (Å²) in [6, 6.07) is 29.7. The Morgan fingerprint density at radius 3 is 1.41 bits per heavy atom. The number of hydrogen-bond donors (Lipinski definition) is 0. The minimum atomic E-state index is 0. The van der Waals surface area contributed by atoms with Crippen molar-refractivity contribution in [1.29, 1.82) is 0 Å². The van der Waals surface area contributed by atoms with Crippen LogP contribution in [0.5, 0.6) is 0 Å². The summed E-state index contributed by atoms with van der Waals surface area (Å²) in [5.74, 6) is 0. The van der Waals surface area contributed by atoms with Gasteiger partial charge in [-0.1, -0.05) is 121 Å². The molecule has 0 atom stereocenters. The number of rotatable bonds is 9. The van der Waals surface area contributed by atoms with Crippen LogP contribution in [0, 0.1) is 0 Å². The molecule has 8 bridgehead atoms. The summed E-state index contributed by atoms with van der Waals surface area (Å²) in [7, 11) is 0. The first-order chi connectivity index (χ1) is 22.2. The zero-order chi connectivity index (χ0) is 30.6. The van der Waals surface area contributed by atoms with Crippen molar-refractivity contribution in [2.45, 2.75) is 45.4 Å². The van der Waals surface area contributed by atoms with Gasteiger partial charge in [0.1, 0.15) is 0 Å². The fourth-order valence-corrected chi connectivity index (χ4v) is 6.81. The molecule has 5 heterocycles. The first-order valence-electron chi connectivity index (χ1n) is 15.9. The maximum atomic E-state index is 5.30. The molecule has 232 valence electrons. The van der Waals surface area contributed by atoms with Gasteiger partial charge >= 0.3 is 16.5 Å². The third-order valence-electron chi connectivity index (χ3n) is 8.54. The molecule has 0 amide bonds. The van der Waals surface area contributed by atoms with Crippen molar-refractivity contribution in [3.05, 3.63) is 119 Å². The van der Waals surface area contributed by atoms with E-state index in [-0.39, 0.29) is 16.5 Å². The van der Waals surface area contributed by atoms with E-state index >= 15 is 0 Å². The van der Waals surface area contributed by atoms with Crippen LogP contribution in [-0.2, 0) is 29.3 Å². The molecule has 0 fully saturated rings. The second-order valence-electron chi connectivity index (χ2n) is 11.6. The molecule has 0 saturated carbocycles. The van der Waals surface area contributed by atoms with Gasteiger partial charge in [0.2, 0.25) is 0 Å². The second kappa shape index (κ2) is 14.8. The Morgan fingerprint density at radius 2 is 0.957 bits per heavy atom. The van der Waals surface area contributed by atoms with Crippen LogP contribution in [0.1, 0.15) is 66.5 Å². The van der Waals surface area contributed by atoms with Crippen molar-refractivity contribution in [3.8, 4) is 22.3 Å². The number of benzene rings is 2. The number of alkyl halides is 1. The summed E-state index contributed by atoms with van der Waals surface area (Å²) in [6.07, 6.45) is 14.9. The number of hydrogen-bond acceptors (Lipinski definition) is 2. The molecule has 0 radical (unpaired) electrons. The Balaban J connectivity index is 0.00000372. The van der Waals surface area contributed by atoms with Gasteiger partial charge in [0.25, 0.3) is 0 Å². The molecular formula is C40H35IN4Ni. The first-order valence-corrected chi connectivity index (χ1v) is 17.5. The maximum Gasteiger partial charge on any atom is 2.00 e. The Bertz CT molecular complexity index is 2020. The molecule has 0 saturated heterocycles. The summed E-state index contributed by atoms with van der Waals surface area (Å²) < 4.78 is 1.13. The smallest absolute Gasteiger partial charge is 0.657 e. The van der Waals surface area contributed by atoms with Crippen LogP contribution in [0.2, 0.25) is 0 Å². The van der Waals surface area contributed by atoms with Crippen LogP contribution in [0.15, 0.2) is 84.9 Å². The number of aromatic nitrogens is 4. The van der Waals surface area contributed by atoms with Crippen LogP contribution >= 0.6 is 22.6 Å². The number of halogens is 1. The van der Waals surface area contributed by atoms with E-state index in [1.54, 1.807) is 0 Å². The molecule has 2 aliphatic rings. The van der Waals surface area contributed by atoms with Crippen LogP contribution in [0.25, 0.3) is 68.6 Å². The first kappa shape index (κ1) is 32.2. The van der Waals surface area contributed by atoms with Crippen LogP contribution in [0.3, 0.4) is 0 Å². The summed E-state index contributed by atoms with van der Waals surface area (Å²) in [5, 5.41) is 0. The van der Waals surface area contributed by atoms with Gasteiger partial charge in [0, 0.05) is 0 Å². The normalized spacial score (nSPS) is 12.0. The van der Waals surface area contributed by atoms with Gasteiger partial charge < -0.3 is 9.97 Å². The molecule has 0 spiro atoms. The van der Waals surface area contributed by atoms with Crippen molar-refractivity contribution in [2.75, 3.05) is 4.43 Å². The fourth-order valence-electron chi connectivity index (χ4n) is 6.27. The minimum absolute atomic E-state index is 0. The average molecular weight is 757 g/mol. The number of nitrogens with zero attached hydrogens (tertiary/aromatic N) is 4. The molecule has 4 nitrogen and oxygen atoms in total. The molecule has 7 rings (SSSR count). The monoisotopic (exact) mass is 756 g/mol. The quantitative estimate of drug-likeness (QED) is 0.0637. The fraction of sp³-hybridized carbons (Fsp3) is 0.200. The van der Waals surface area contributed by atoms with Gasteiger partial charge in [-0.15, -0.1) is 22.1 Å². The molecule has 0 unspecified atom stereocenters. The second-order valence-corrected chi connectivity index (χ2v) is 12.6. The molecule has 0 aliphatic carbocycles. The average Bonchev–Trinajstić information content (AvgIpc) is 3.90. The molecule has 46 heavy (non-hydrogen) atoms. The van der Waals surface area contributed by atoms with E-state index in [0.717, 1.165) is 110 Å².